The largest absolute Gasteiger partial charge is 0.497 e. The fraction of sp³-hybridized carbons (Fsp3) is 0.286. The molecular weight excluding hydrogens is 464 g/mol. The van der Waals surface area contributed by atoms with Gasteiger partial charge in [-0.1, -0.05) is 23.7 Å². The zero-order valence-corrected chi connectivity index (χ0v) is 20.7. The molecule has 0 bridgehead atoms. The van der Waals surface area contributed by atoms with Gasteiger partial charge < -0.3 is 10.1 Å². The lowest BCUT2D eigenvalue weighted by Gasteiger charge is -2.17. The first-order valence-electron chi connectivity index (χ1n) is 11.5. The van der Waals surface area contributed by atoms with Crippen molar-refractivity contribution in [2.45, 2.75) is 39.2 Å². The zero-order valence-electron chi connectivity index (χ0n) is 19.9. The molecule has 0 saturated heterocycles. The van der Waals surface area contributed by atoms with Crippen LogP contribution >= 0.6 is 11.6 Å². The van der Waals surface area contributed by atoms with Crippen LogP contribution in [0.25, 0.3) is 11.3 Å². The Morgan fingerprint density at radius 2 is 1.77 bits per heavy atom. The molecule has 2 unspecified atom stereocenters. The number of methoxy groups -OCH3 is 1. The number of carbonyl (C=O) groups excluding carboxylic acids is 3. The fourth-order valence-corrected chi connectivity index (χ4v) is 4.81. The molecule has 3 aromatic rings. The van der Waals surface area contributed by atoms with Crippen molar-refractivity contribution >= 4 is 29.1 Å². The van der Waals surface area contributed by atoms with Gasteiger partial charge in [-0.05, 0) is 72.5 Å². The topological polar surface area (TPSA) is 85.4 Å². The number of carbonyl (C=O) groups is 3. The van der Waals surface area contributed by atoms with Gasteiger partial charge in [-0.3, -0.25) is 19.4 Å². The van der Waals surface area contributed by atoms with Crippen molar-refractivity contribution in [2.75, 3.05) is 7.11 Å². The zero-order chi connectivity index (χ0) is 25.1. The maximum absolute atomic E-state index is 13.3. The Bertz CT molecular complexity index is 1250. The maximum atomic E-state index is 13.3. The minimum Gasteiger partial charge on any atom is -0.497 e. The molecule has 1 heterocycles. The molecule has 2 aromatic carbocycles. The van der Waals surface area contributed by atoms with E-state index < -0.39 is 11.8 Å². The van der Waals surface area contributed by atoms with Crippen molar-refractivity contribution in [3.05, 3.63) is 82.0 Å². The predicted molar refractivity (Wildman–Crippen MR) is 134 cm³/mol. The summed E-state index contributed by atoms with van der Waals surface area (Å²) in [5, 5.41) is 3.40. The van der Waals surface area contributed by atoms with E-state index in [4.69, 9.17) is 16.3 Å². The van der Waals surface area contributed by atoms with E-state index >= 15 is 0 Å². The van der Waals surface area contributed by atoms with Crippen LogP contribution in [-0.2, 0) is 20.9 Å². The van der Waals surface area contributed by atoms with Crippen LogP contribution in [0.2, 0.25) is 5.02 Å². The van der Waals surface area contributed by atoms with E-state index in [1.807, 2.05) is 56.3 Å². The Labute approximate surface area is 209 Å². The van der Waals surface area contributed by atoms with Crippen LogP contribution < -0.4 is 10.1 Å². The van der Waals surface area contributed by atoms with Crippen molar-refractivity contribution < 1.29 is 19.1 Å². The van der Waals surface area contributed by atoms with Gasteiger partial charge in [-0.25, -0.2) is 0 Å². The van der Waals surface area contributed by atoms with E-state index in [0.29, 0.717) is 11.6 Å². The predicted octanol–water partition coefficient (Wildman–Crippen LogP) is 4.98. The van der Waals surface area contributed by atoms with E-state index in [1.54, 1.807) is 19.4 Å². The lowest BCUT2D eigenvalue weighted by molar-refractivity contribution is -0.128. The molecule has 35 heavy (non-hydrogen) atoms. The Morgan fingerprint density at radius 3 is 2.37 bits per heavy atom. The third kappa shape index (κ3) is 5.43. The number of hydrogen-bond acceptors (Lipinski definition) is 5. The van der Waals surface area contributed by atoms with E-state index in [-0.39, 0.29) is 30.3 Å². The number of nitrogens with one attached hydrogen (secondary N) is 1. The van der Waals surface area contributed by atoms with Crippen LogP contribution in [0.15, 0.2) is 54.7 Å². The highest BCUT2D eigenvalue weighted by atomic mass is 35.5. The van der Waals surface area contributed by atoms with Crippen molar-refractivity contribution in [3.8, 4) is 17.0 Å². The van der Waals surface area contributed by atoms with Gasteiger partial charge in [-0.15, -0.1) is 0 Å². The summed E-state index contributed by atoms with van der Waals surface area (Å²) in [6, 6.07) is 14.9. The maximum Gasteiger partial charge on any atom is 0.221 e. The molecule has 1 aromatic heterocycles. The van der Waals surface area contributed by atoms with Crippen molar-refractivity contribution in [1.29, 1.82) is 0 Å². The second-order valence-electron chi connectivity index (χ2n) is 8.92. The number of pyridine rings is 1. The highest BCUT2D eigenvalue weighted by molar-refractivity contribution is 6.30. The molecule has 0 radical (unpaired) electrons. The molecule has 1 amide bonds. The first kappa shape index (κ1) is 24.6. The van der Waals surface area contributed by atoms with Crippen molar-refractivity contribution in [1.82, 2.24) is 10.3 Å². The molecule has 1 saturated carbocycles. The number of aryl methyl sites for hydroxylation is 2. The summed E-state index contributed by atoms with van der Waals surface area (Å²) in [6.07, 6.45) is 1.67. The second-order valence-corrected chi connectivity index (χ2v) is 9.35. The van der Waals surface area contributed by atoms with E-state index in [2.05, 4.69) is 10.3 Å². The number of nitrogens with zero attached hydrogens (tertiary/aromatic N) is 1. The third-order valence-electron chi connectivity index (χ3n) is 6.44. The third-order valence-corrected chi connectivity index (χ3v) is 6.67. The number of halogens is 1. The highest BCUT2D eigenvalue weighted by Gasteiger charge is 2.43. The lowest BCUT2D eigenvalue weighted by atomic mass is 9.85. The number of ether oxygens (including phenoxy) is 1. The average molecular weight is 491 g/mol. The van der Waals surface area contributed by atoms with E-state index in [9.17, 15) is 14.4 Å². The highest BCUT2D eigenvalue weighted by Crippen LogP contribution is 2.38. The summed E-state index contributed by atoms with van der Waals surface area (Å²) in [4.78, 5) is 43.1. The molecule has 1 fully saturated rings. The summed E-state index contributed by atoms with van der Waals surface area (Å²) >= 11 is 5.95. The van der Waals surface area contributed by atoms with Gasteiger partial charge in [0.15, 0.2) is 5.78 Å². The van der Waals surface area contributed by atoms with Crippen LogP contribution in [0.4, 0.5) is 0 Å². The molecule has 2 atom stereocenters. The molecular formula is C28H27ClN2O4. The van der Waals surface area contributed by atoms with Gasteiger partial charge in [0.1, 0.15) is 17.5 Å². The van der Waals surface area contributed by atoms with Crippen LogP contribution in [0.5, 0.6) is 5.75 Å². The minimum absolute atomic E-state index is 0.00208. The monoisotopic (exact) mass is 490 g/mol. The van der Waals surface area contributed by atoms with Gasteiger partial charge in [0.25, 0.3) is 0 Å². The SMILES string of the molecule is COc1ccc(CNC(=O)CC2CC(=O)C(c3c(C)cc(-c4ccc(Cl)cn4)cc3C)C2=O)cc1. The van der Waals surface area contributed by atoms with Crippen LogP contribution in [0.1, 0.15) is 41.0 Å². The summed E-state index contributed by atoms with van der Waals surface area (Å²) < 4.78 is 5.14. The molecule has 0 aliphatic heterocycles. The molecule has 7 heteroatoms. The fourth-order valence-electron chi connectivity index (χ4n) is 4.70. The van der Waals surface area contributed by atoms with Crippen molar-refractivity contribution in [2.24, 2.45) is 5.92 Å². The number of amides is 1. The lowest BCUT2D eigenvalue weighted by Crippen LogP contribution is -2.27. The van der Waals surface area contributed by atoms with Gasteiger partial charge in [0.05, 0.1) is 17.8 Å². The number of benzene rings is 2. The number of rotatable bonds is 7. The van der Waals surface area contributed by atoms with E-state index in [0.717, 1.165) is 39.3 Å². The quantitative estimate of drug-likeness (QED) is 0.472. The van der Waals surface area contributed by atoms with Crippen LogP contribution in [-0.4, -0.2) is 29.6 Å². The smallest absolute Gasteiger partial charge is 0.221 e. The Balaban J connectivity index is 1.45. The molecule has 1 aliphatic carbocycles. The molecule has 0 spiro atoms. The van der Waals surface area contributed by atoms with Crippen LogP contribution in [0.3, 0.4) is 0 Å². The number of Topliss-reactive ketones (excluding diaryl/α,β-unsaturated/α-hetero) is 2. The molecule has 6 nitrogen and oxygen atoms in total. The number of hydrogen-bond donors (Lipinski definition) is 1. The van der Waals surface area contributed by atoms with Gasteiger partial charge in [0.2, 0.25) is 5.91 Å². The number of ketones is 2. The summed E-state index contributed by atoms with van der Waals surface area (Å²) in [5.74, 6) is -1.26. The molecule has 1 N–H and O–H groups in total. The van der Waals surface area contributed by atoms with Crippen LogP contribution in [0, 0.1) is 19.8 Å². The Hall–Kier alpha value is -3.51. The van der Waals surface area contributed by atoms with Gasteiger partial charge in [-0.2, -0.15) is 0 Å². The first-order chi connectivity index (χ1) is 16.8. The summed E-state index contributed by atoms with van der Waals surface area (Å²) in [7, 11) is 1.60. The standard InChI is InChI=1S/C28H27ClN2O4/c1-16-10-19(23-9-6-21(29)15-30-23)11-17(2)26(16)27-24(32)12-20(28(27)34)13-25(33)31-14-18-4-7-22(35-3)8-5-18/h4-11,15,20,27H,12-14H2,1-3H3,(H,31,33). The van der Waals surface area contributed by atoms with E-state index in [1.165, 1.54) is 0 Å². The molecule has 1 aliphatic rings. The normalized spacial score (nSPS) is 17.5. The Kier molecular flexibility index (Phi) is 7.31. The van der Waals surface area contributed by atoms with Crippen molar-refractivity contribution in [3.63, 3.8) is 0 Å². The molecule has 4 rings (SSSR count). The van der Waals surface area contributed by atoms with Gasteiger partial charge in [0, 0.05) is 37.1 Å². The van der Waals surface area contributed by atoms with Gasteiger partial charge >= 0.3 is 0 Å². The second kappa shape index (κ2) is 10.4. The molecule has 180 valence electrons. The summed E-state index contributed by atoms with van der Waals surface area (Å²) in [5.41, 5.74) is 5.03. The minimum atomic E-state index is -0.832. The average Bonchev–Trinajstić information content (AvgIpc) is 3.10. The number of aromatic nitrogens is 1. The summed E-state index contributed by atoms with van der Waals surface area (Å²) in [6.45, 7) is 4.15. The first-order valence-corrected chi connectivity index (χ1v) is 11.8. The Morgan fingerprint density at radius 1 is 1.09 bits per heavy atom.